The Labute approximate surface area is 108 Å². The molecule has 2 rings (SSSR count). The first kappa shape index (κ1) is 13.3. The van der Waals surface area contributed by atoms with Crippen molar-refractivity contribution in [2.75, 3.05) is 26.2 Å². The van der Waals surface area contributed by atoms with E-state index in [4.69, 9.17) is 0 Å². The predicted octanol–water partition coefficient (Wildman–Crippen LogP) is 1.01. The van der Waals surface area contributed by atoms with Crippen molar-refractivity contribution in [3.05, 3.63) is 42.5 Å². The van der Waals surface area contributed by atoms with Crippen molar-refractivity contribution < 1.29 is 8.42 Å². The van der Waals surface area contributed by atoms with Gasteiger partial charge in [0, 0.05) is 26.2 Å². The normalized spacial score (nSPS) is 17.6. The molecule has 98 valence electrons. The Hall–Kier alpha value is -1.17. The maximum Gasteiger partial charge on any atom is 0.243 e. The lowest BCUT2D eigenvalue weighted by Crippen LogP contribution is -2.46. The summed E-state index contributed by atoms with van der Waals surface area (Å²) in [5, 5.41) is 3.15. The zero-order chi connectivity index (χ0) is 13.0. The highest BCUT2D eigenvalue weighted by Crippen LogP contribution is 2.17. The van der Waals surface area contributed by atoms with Crippen LogP contribution in [0.5, 0.6) is 0 Å². The number of rotatable bonds is 4. The smallest absolute Gasteiger partial charge is 0.243 e. The summed E-state index contributed by atoms with van der Waals surface area (Å²) in [6.45, 7) is 6.18. The van der Waals surface area contributed by atoms with Crippen molar-refractivity contribution >= 4 is 10.0 Å². The molecule has 1 aromatic carbocycles. The van der Waals surface area contributed by atoms with E-state index in [2.05, 4.69) is 11.9 Å². The maximum absolute atomic E-state index is 12.3. The van der Waals surface area contributed by atoms with Crippen LogP contribution < -0.4 is 5.32 Å². The Kier molecular flexibility index (Phi) is 4.16. The van der Waals surface area contributed by atoms with Gasteiger partial charge in [0.25, 0.3) is 0 Å². The van der Waals surface area contributed by atoms with E-state index in [9.17, 15) is 8.42 Å². The molecule has 0 radical (unpaired) electrons. The molecule has 0 spiro atoms. The third-order valence-corrected chi connectivity index (χ3v) is 4.93. The van der Waals surface area contributed by atoms with Gasteiger partial charge < -0.3 is 5.32 Å². The van der Waals surface area contributed by atoms with Crippen LogP contribution in [0.3, 0.4) is 0 Å². The first-order chi connectivity index (χ1) is 8.64. The van der Waals surface area contributed by atoms with Gasteiger partial charge in [0.05, 0.1) is 4.90 Å². The van der Waals surface area contributed by atoms with Gasteiger partial charge in [-0.05, 0) is 24.1 Å². The van der Waals surface area contributed by atoms with E-state index in [1.165, 1.54) is 4.31 Å². The number of allylic oxidation sites excluding steroid dienone is 1. The fourth-order valence-electron chi connectivity index (χ4n) is 2.00. The molecule has 1 fully saturated rings. The van der Waals surface area contributed by atoms with Gasteiger partial charge in [0.15, 0.2) is 0 Å². The second-order valence-electron chi connectivity index (χ2n) is 4.29. The molecule has 5 heteroatoms. The molecule has 0 unspecified atom stereocenters. The molecule has 1 saturated heterocycles. The molecule has 0 saturated carbocycles. The quantitative estimate of drug-likeness (QED) is 0.827. The molecule has 0 aliphatic carbocycles. The van der Waals surface area contributed by atoms with Crippen LogP contribution >= 0.6 is 0 Å². The van der Waals surface area contributed by atoms with Gasteiger partial charge in [0.1, 0.15) is 0 Å². The average molecular weight is 266 g/mol. The minimum Gasteiger partial charge on any atom is -0.314 e. The van der Waals surface area contributed by atoms with Gasteiger partial charge in [-0.15, -0.1) is 6.58 Å². The summed E-state index contributed by atoms with van der Waals surface area (Å²) in [5.74, 6) is 0. The monoisotopic (exact) mass is 266 g/mol. The molecule has 1 N–H and O–H groups in total. The van der Waals surface area contributed by atoms with Crippen LogP contribution in [0.15, 0.2) is 41.8 Å². The number of sulfonamides is 1. The van der Waals surface area contributed by atoms with Crippen LogP contribution in [0.25, 0.3) is 0 Å². The summed E-state index contributed by atoms with van der Waals surface area (Å²) in [7, 11) is -3.33. The Morgan fingerprint density at radius 1 is 1.22 bits per heavy atom. The lowest BCUT2D eigenvalue weighted by Gasteiger charge is -2.26. The first-order valence-corrected chi connectivity index (χ1v) is 7.49. The van der Waals surface area contributed by atoms with Crippen LogP contribution in [0.2, 0.25) is 0 Å². The summed E-state index contributed by atoms with van der Waals surface area (Å²) in [6.07, 6.45) is 2.56. The van der Waals surface area contributed by atoms with Crippen molar-refractivity contribution in [3.8, 4) is 0 Å². The lowest BCUT2D eigenvalue weighted by atomic mass is 10.2. The van der Waals surface area contributed by atoms with Gasteiger partial charge in [-0.2, -0.15) is 4.31 Å². The van der Waals surface area contributed by atoms with E-state index in [-0.39, 0.29) is 0 Å². The van der Waals surface area contributed by atoms with Crippen molar-refractivity contribution in [1.82, 2.24) is 9.62 Å². The van der Waals surface area contributed by atoms with E-state index >= 15 is 0 Å². The fraction of sp³-hybridized carbons (Fsp3) is 0.385. The zero-order valence-electron chi connectivity index (χ0n) is 10.3. The number of piperazine rings is 1. The summed E-state index contributed by atoms with van der Waals surface area (Å²) in [6, 6.07) is 7.04. The van der Waals surface area contributed by atoms with E-state index in [0.29, 0.717) is 31.1 Å². The van der Waals surface area contributed by atoms with Gasteiger partial charge in [-0.3, -0.25) is 0 Å². The van der Waals surface area contributed by atoms with Crippen LogP contribution in [0.1, 0.15) is 5.56 Å². The predicted molar refractivity (Wildman–Crippen MR) is 72.0 cm³/mol. The number of hydrogen-bond acceptors (Lipinski definition) is 3. The molecule has 0 aromatic heterocycles. The summed E-state index contributed by atoms with van der Waals surface area (Å²) < 4.78 is 26.2. The second kappa shape index (κ2) is 5.65. The van der Waals surface area contributed by atoms with E-state index in [1.54, 1.807) is 18.2 Å². The maximum atomic E-state index is 12.3. The SMILES string of the molecule is C=CCc1ccc(S(=O)(=O)N2CCNCC2)cc1. The average Bonchev–Trinajstić information content (AvgIpc) is 2.41. The van der Waals surface area contributed by atoms with E-state index < -0.39 is 10.0 Å². The third-order valence-electron chi connectivity index (χ3n) is 3.02. The van der Waals surface area contributed by atoms with Crippen LogP contribution in [-0.4, -0.2) is 38.9 Å². The molecule has 4 nitrogen and oxygen atoms in total. The summed E-state index contributed by atoms with van der Waals surface area (Å²) >= 11 is 0. The van der Waals surface area contributed by atoms with Crippen molar-refractivity contribution in [1.29, 1.82) is 0 Å². The molecule has 1 aromatic rings. The van der Waals surface area contributed by atoms with Crippen molar-refractivity contribution in [2.45, 2.75) is 11.3 Å². The lowest BCUT2D eigenvalue weighted by molar-refractivity contribution is 0.360. The highest BCUT2D eigenvalue weighted by Gasteiger charge is 2.25. The van der Waals surface area contributed by atoms with Gasteiger partial charge >= 0.3 is 0 Å². The fourth-order valence-corrected chi connectivity index (χ4v) is 3.44. The minimum absolute atomic E-state index is 0.372. The van der Waals surface area contributed by atoms with Crippen molar-refractivity contribution in [2.24, 2.45) is 0 Å². The highest BCUT2D eigenvalue weighted by molar-refractivity contribution is 7.89. The largest absolute Gasteiger partial charge is 0.314 e. The number of nitrogens with one attached hydrogen (secondary N) is 1. The molecular weight excluding hydrogens is 248 g/mol. The highest BCUT2D eigenvalue weighted by atomic mass is 32.2. The van der Waals surface area contributed by atoms with E-state index in [1.807, 2.05) is 12.1 Å². The molecule has 1 aliphatic heterocycles. The Morgan fingerprint density at radius 2 is 1.83 bits per heavy atom. The topological polar surface area (TPSA) is 49.4 Å². The van der Waals surface area contributed by atoms with Gasteiger partial charge in [-0.1, -0.05) is 18.2 Å². The Bertz CT molecular complexity index is 502. The van der Waals surface area contributed by atoms with Crippen LogP contribution in [-0.2, 0) is 16.4 Å². The van der Waals surface area contributed by atoms with Gasteiger partial charge in [0.2, 0.25) is 10.0 Å². The molecule has 0 amide bonds. The van der Waals surface area contributed by atoms with Crippen LogP contribution in [0, 0.1) is 0 Å². The van der Waals surface area contributed by atoms with Crippen molar-refractivity contribution in [3.63, 3.8) is 0 Å². The molecule has 0 atom stereocenters. The minimum atomic E-state index is -3.33. The summed E-state index contributed by atoms with van der Waals surface area (Å²) in [5.41, 5.74) is 1.07. The first-order valence-electron chi connectivity index (χ1n) is 6.05. The second-order valence-corrected chi connectivity index (χ2v) is 6.23. The molecule has 1 aliphatic rings. The zero-order valence-corrected chi connectivity index (χ0v) is 11.1. The van der Waals surface area contributed by atoms with Crippen LogP contribution in [0.4, 0.5) is 0 Å². The molecule has 1 heterocycles. The molecule has 18 heavy (non-hydrogen) atoms. The van der Waals surface area contributed by atoms with Gasteiger partial charge in [-0.25, -0.2) is 8.42 Å². The number of nitrogens with zero attached hydrogens (tertiary/aromatic N) is 1. The Morgan fingerprint density at radius 3 is 2.39 bits per heavy atom. The summed E-state index contributed by atoms with van der Waals surface area (Å²) in [4.78, 5) is 0.372. The standard InChI is InChI=1S/C13H18N2O2S/c1-2-3-12-4-6-13(7-5-12)18(16,17)15-10-8-14-9-11-15/h2,4-7,14H,1,3,8-11H2. The van der Waals surface area contributed by atoms with E-state index in [0.717, 1.165) is 12.0 Å². The molecular formula is C13H18N2O2S. The number of benzene rings is 1. The molecule has 0 bridgehead atoms. The Balaban J connectivity index is 2.20. The number of hydrogen-bond donors (Lipinski definition) is 1. The third kappa shape index (κ3) is 2.80.